The predicted octanol–water partition coefficient (Wildman–Crippen LogP) is 1.68. The van der Waals surface area contributed by atoms with E-state index in [9.17, 15) is 0 Å². The molecule has 2 aromatic rings. The van der Waals surface area contributed by atoms with Gasteiger partial charge < -0.3 is 19.4 Å². The lowest BCUT2D eigenvalue weighted by Gasteiger charge is -2.15. The first kappa shape index (κ1) is 14.5. The van der Waals surface area contributed by atoms with E-state index in [0.717, 1.165) is 18.2 Å². The Morgan fingerprint density at radius 2 is 2.20 bits per heavy atom. The third kappa shape index (κ3) is 3.58. The first-order valence-corrected chi connectivity index (χ1v) is 6.54. The van der Waals surface area contributed by atoms with Crippen LogP contribution >= 0.6 is 0 Å². The topological polar surface area (TPSA) is 66.1 Å². The number of nitrogens with zero attached hydrogens (tertiary/aromatic N) is 4. The van der Waals surface area contributed by atoms with E-state index in [1.165, 1.54) is 0 Å². The molecule has 0 amide bonds. The van der Waals surface area contributed by atoms with Gasteiger partial charge in [0.25, 0.3) is 0 Å². The van der Waals surface area contributed by atoms with Gasteiger partial charge in [-0.05, 0) is 6.92 Å². The van der Waals surface area contributed by atoms with Crippen LogP contribution in [0.2, 0.25) is 0 Å². The number of methoxy groups -OCH3 is 2. The molecule has 2 rings (SSSR count). The number of anilines is 2. The lowest BCUT2D eigenvalue weighted by atomic mass is 10.3. The molecule has 0 spiro atoms. The van der Waals surface area contributed by atoms with Gasteiger partial charge in [-0.15, -0.1) is 0 Å². The van der Waals surface area contributed by atoms with Crippen LogP contribution in [-0.4, -0.2) is 46.8 Å². The summed E-state index contributed by atoms with van der Waals surface area (Å²) >= 11 is 0. The number of hydrogen-bond donors (Lipinski definition) is 1. The van der Waals surface area contributed by atoms with Crippen molar-refractivity contribution in [1.29, 1.82) is 0 Å². The van der Waals surface area contributed by atoms with Crippen LogP contribution in [-0.2, 0) is 16.0 Å². The average Bonchev–Trinajstić information content (AvgIpc) is 3.06. The van der Waals surface area contributed by atoms with E-state index in [0.29, 0.717) is 13.2 Å². The highest BCUT2D eigenvalue weighted by atomic mass is 16.5. The first-order valence-electron chi connectivity index (χ1n) is 6.54. The maximum atomic E-state index is 5.17. The molecular weight excluding hydrogens is 258 g/mol. The number of rotatable bonds is 8. The predicted molar refractivity (Wildman–Crippen MR) is 76.2 cm³/mol. The van der Waals surface area contributed by atoms with Crippen LogP contribution in [0.15, 0.2) is 24.8 Å². The molecule has 0 saturated carbocycles. The van der Waals surface area contributed by atoms with Crippen LogP contribution in [0, 0.1) is 0 Å². The molecule has 0 saturated heterocycles. The lowest BCUT2D eigenvalue weighted by molar-refractivity contribution is 0.163. The Morgan fingerprint density at radius 3 is 2.95 bits per heavy atom. The van der Waals surface area contributed by atoms with Crippen molar-refractivity contribution in [3.8, 4) is 0 Å². The normalized spacial score (nSPS) is 12.6. The third-order valence-corrected chi connectivity index (χ3v) is 2.97. The van der Waals surface area contributed by atoms with Gasteiger partial charge in [0.05, 0.1) is 37.7 Å². The maximum Gasteiger partial charge on any atom is 0.207 e. The summed E-state index contributed by atoms with van der Waals surface area (Å²) in [7, 11) is 3.37. The maximum absolute atomic E-state index is 5.17. The molecule has 1 atom stereocenters. The first-order chi connectivity index (χ1) is 9.74. The van der Waals surface area contributed by atoms with Crippen molar-refractivity contribution in [3.05, 3.63) is 24.8 Å². The van der Waals surface area contributed by atoms with Crippen molar-refractivity contribution in [2.75, 3.05) is 32.8 Å². The van der Waals surface area contributed by atoms with Gasteiger partial charge in [-0.1, -0.05) is 0 Å². The van der Waals surface area contributed by atoms with Crippen molar-refractivity contribution in [1.82, 2.24) is 19.3 Å². The third-order valence-electron chi connectivity index (χ3n) is 2.97. The average molecular weight is 279 g/mol. The van der Waals surface area contributed by atoms with Crippen molar-refractivity contribution in [2.24, 2.45) is 0 Å². The van der Waals surface area contributed by atoms with Crippen LogP contribution in [0.25, 0.3) is 0 Å². The minimum atomic E-state index is 0.216. The highest BCUT2D eigenvalue weighted by Gasteiger charge is 2.10. The van der Waals surface area contributed by atoms with E-state index in [-0.39, 0.29) is 6.04 Å². The van der Waals surface area contributed by atoms with Crippen molar-refractivity contribution in [3.63, 3.8) is 0 Å². The zero-order chi connectivity index (χ0) is 14.4. The van der Waals surface area contributed by atoms with Gasteiger partial charge in [-0.2, -0.15) is 5.10 Å². The van der Waals surface area contributed by atoms with E-state index in [1.54, 1.807) is 26.6 Å². The van der Waals surface area contributed by atoms with E-state index >= 15 is 0 Å². The van der Waals surface area contributed by atoms with Gasteiger partial charge in [-0.25, -0.2) is 4.98 Å². The van der Waals surface area contributed by atoms with Gasteiger partial charge in [0.15, 0.2) is 0 Å². The highest BCUT2D eigenvalue weighted by molar-refractivity contribution is 5.50. The largest absolute Gasteiger partial charge is 0.383 e. The van der Waals surface area contributed by atoms with Gasteiger partial charge >= 0.3 is 0 Å². The Labute approximate surface area is 118 Å². The summed E-state index contributed by atoms with van der Waals surface area (Å²) in [6.07, 6.45) is 7.40. The van der Waals surface area contributed by atoms with Crippen LogP contribution < -0.4 is 5.32 Å². The second kappa shape index (κ2) is 7.06. The van der Waals surface area contributed by atoms with Crippen LogP contribution in [0.5, 0.6) is 0 Å². The van der Waals surface area contributed by atoms with Crippen LogP contribution in [0.4, 0.5) is 11.6 Å². The molecule has 0 radical (unpaired) electrons. The van der Waals surface area contributed by atoms with Gasteiger partial charge in [0, 0.05) is 32.8 Å². The molecule has 2 aromatic heterocycles. The second-order valence-electron chi connectivity index (χ2n) is 4.57. The minimum Gasteiger partial charge on any atom is -0.383 e. The quantitative estimate of drug-likeness (QED) is 0.796. The van der Waals surface area contributed by atoms with E-state index in [4.69, 9.17) is 9.47 Å². The number of hydrogen-bond acceptors (Lipinski definition) is 5. The van der Waals surface area contributed by atoms with Gasteiger partial charge in [0.2, 0.25) is 5.95 Å². The molecule has 0 aliphatic carbocycles. The highest BCUT2D eigenvalue weighted by Crippen LogP contribution is 2.18. The molecule has 110 valence electrons. The summed E-state index contributed by atoms with van der Waals surface area (Å²) in [4.78, 5) is 4.32. The molecule has 1 N–H and O–H groups in total. The molecule has 2 heterocycles. The molecule has 1 unspecified atom stereocenters. The second-order valence-corrected chi connectivity index (χ2v) is 4.57. The van der Waals surface area contributed by atoms with Gasteiger partial charge in [0.1, 0.15) is 0 Å². The number of nitrogens with one attached hydrogen (secondary N) is 1. The summed E-state index contributed by atoms with van der Waals surface area (Å²) in [5, 5.41) is 7.52. The SMILES string of the molecule is COCCn1cc(Nc2nccn2C(C)COC)cn1. The standard InChI is InChI=1S/C13H21N5O2/c1-11(10-20-3)18-5-4-14-13(18)16-12-8-15-17(9-12)6-7-19-2/h4-5,8-9,11H,6-7,10H2,1-3H3,(H,14,16). The summed E-state index contributed by atoms with van der Waals surface area (Å²) in [6.45, 7) is 4.09. The Balaban J connectivity index is 2.03. The molecule has 0 aliphatic heterocycles. The molecule has 7 heteroatoms. The molecule has 0 fully saturated rings. The number of ether oxygens (including phenoxy) is 2. The van der Waals surface area contributed by atoms with Crippen molar-refractivity contribution in [2.45, 2.75) is 19.5 Å². The Bertz CT molecular complexity index is 522. The summed E-state index contributed by atoms with van der Waals surface area (Å²) in [5.41, 5.74) is 0.901. The molecule has 0 aromatic carbocycles. The number of imidazole rings is 1. The van der Waals surface area contributed by atoms with Gasteiger partial charge in [-0.3, -0.25) is 4.68 Å². The van der Waals surface area contributed by atoms with Crippen LogP contribution in [0.1, 0.15) is 13.0 Å². The smallest absolute Gasteiger partial charge is 0.207 e. The fourth-order valence-electron chi connectivity index (χ4n) is 1.95. The van der Waals surface area contributed by atoms with Crippen molar-refractivity contribution >= 4 is 11.6 Å². The molecule has 0 aliphatic rings. The fourth-order valence-corrected chi connectivity index (χ4v) is 1.95. The molecule has 20 heavy (non-hydrogen) atoms. The fraction of sp³-hybridized carbons (Fsp3) is 0.538. The van der Waals surface area contributed by atoms with E-state index in [2.05, 4.69) is 22.3 Å². The zero-order valence-corrected chi connectivity index (χ0v) is 12.1. The Hall–Kier alpha value is -1.86. The molecule has 7 nitrogen and oxygen atoms in total. The minimum absolute atomic E-state index is 0.216. The summed E-state index contributed by atoms with van der Waals surface area (Å²) < 4.78 is 14.1. The summed E-state index contributed by atoms with van der Waals surface area (Å²) in [5.74, 6) is 0.779. The lowest BCUT2D eigenvalue weighted by Crippen LogP contribution is -2.12. The molecular formula is C13H21N5O2. The van der Waals surface area contributed by atoms with E-state index < -0.39 is 0 Å². The van der Waals surface area contributed by atoms with Crippen LogP contribution in [0.3, 0.4) is 0 Å². The molecule has 0 bridgehead atoms. The number of aromatic nitrogens is 4. The summed E-state index contributed by atoms with van der Waals surface area (Å²) in [6, 6.07) is 0.216. The Kier molecular flexibility index (Phi) is 5.14. The zero-order valence-electron chi connectivity index (χ0n) is 12.1. The van der Waals surface area contributed by atoms with Crippen molar-refractivity contribution < 1.29 is 9.47 Å². The monoisotopic (exact) mass is 279 g/mol. The Morgan fingerprint density at radius 1 is 1.35 bits per heavy atom. The van der Waals surface area contributed by atoms with E-state index in [1.807, 2.05) is 21.6 Å².